The number of hydroxylamine groups is 2. The van der Waals surface area contributed by atoms with Crippen LogP contribution in [0.1, 0.15) is 19.3 Å². The number of carbonyl (C=O) groups excluding carboxylic acids is 3. The summed E-state index contributed by atoms with van der Waals surface area (Å²) in [4.78, 5) is 39.0. The van der Waals surface area contributed by atoms with Crippen LogP contribution >= 0.6 is 0 Å². The summed E-state index contributed by atoms with van der Waals surface area (Å²) in [5.74, 6) is -1.72. The van der Waals surface area contributed by atoms with Crippen LogP contribution in [0.5, 0.6) is 0 Å². The van der Waals surface area contributed by atoms with Crippen molar-refractivity contribution >= 4 is 17.8 Å². The topological polar surface area (TPSA) is 158 Å². The molecule has 0 aromatic carbocycles. The third kappa shape index (κ3) is 20.0. The molecule has 0 spiro atoms. The molecule has 0 unspecified atom stereocenters. The van der Waals surface area contributed by atoms with Crippen LogP contribution in [0.15, 0.2) is 0 Å². The fourth-order valence-corrected chi connectivity index (χ4v) is 2.67. The molecule has 0 aromatic rings. The van der Waals surface area contributed by atoms with Gasteiger partial charge in [-0.2, -0.15) is 0 Å². The first-order valence-electron chi connectivity index (χ1n) is 12.4. The molecule has 0 atom stereocenters. The number of aliphatic hydroxyl groups excluding tert-OH is 1. The monoisotopic (exact) mass is 539 g/mol. The van der Waals surface area contributed by atoms with Crippen molar-refractivity contribution in [1.29, 1.82) is 0 Å². The quantitative estimate of drug-likeness (QED) is 0.101. The van der Waals surface area contributed by atoms with E-state index in [-0.39, 0.29) is 32.5 Å². The van der Waals surface area contributed by atoms with Gasteiger partial charge in [-0.3, -0.25) is 9.59 Å². The third-order valence-corrected chi connectivity index (χ3v) is 4.49. The van der Waals surface area contributed by atoms with Gasteiger partial charge in [-0.1, -0.05) is 0 Å². The Hall–Kier alpha value is -1.75. The molecule has 1 aliphatic heterocycles. The normalized spacial score (nSPS) is 13.6. The number of amides is 2. The van der Waals surface area contributed by atoms with Gasteiger partial charge < -0.3 is 47.8 Å². The van der Waals surface area contributed by atoms with Gasteiger partial charge in [0.2, 0.25) is 0 Å². The van der Waals surface area contributed by atoms with Gasteiger partial charge in [0.05, 0.1) is 119 Å². The van der Waals surface area contributed by atoms with Gasteiger partial charge in [0, 0.05) is 12.8 Å². The van der Waals surface area contributed by atoms with Gasteiger partial charge in [-0.05, 0) is 0 Å². The molecule has 14 heteroatoms. The van der Waals surface area contributed by atoms with E-state index in [0.29, 0.717) is 104 Å². The van der Waals surface area contributed by atoms with Crippen LogP contribution in [-0.4, -0.2) is 140 Å². The maximum atomic E-state index is 11.6. The van der Waals surface area contributed by atoms with E-state index < -0.39 is 17.8 Å². The molecular formula is C23H41NO13. The Balaban J connectivity index is 1.69. The first-order valence-corrected chi connectivity index (χ1v) is 12.4. The number of nitrogens with zero attached hydrogens (tertiary/aromatic N) is 1. The third-order valence-electron chi connectivity index (χ3n) is 4.49. The van der Waals surface area contributed by atoms with Crippen molar-refractivity contribution in [2.24, 2.45) is 0 Å². The molecule has 1 heterocycles. The van der Waals surface area contributed by atoms with Crippen LogP contribution in [-0.2, 0) is 57.1 Å². The molecule has 0 saturated carbocycles. The van der Waals surface area contributed by atoms with Crippen molar-refractivity contribution in [2.45, 2.75) is 19.3 Å². The van der Waals surface area contributed by atoms with E-state index in [0.717, 1.165) is 0 Å². The Morgan fingerprint density at radius 1 is 0.541 bits per heavy atom. The Morgan fingerprint density at radius 3 is 1.16 bits per heavy atom. The Kier molecular flexibility index (Phi) is 22.1. The molecule has 1 aliphatic rings. The zero-order valence-corrected chi connectivity index (χ0v) is 21.4. The summed E-state index contributed by atoms with van der Waals surface area (Å²) in [6.07, 6.45) is 0.0523. The van der Waals surface area contributed by atoms with Crippen molar-refractivity contribution in [3.05, 3.63) is 0 Å². The maximum absolute atomic E-state index is 11.6. The highest BCUT2D eigenvalue weighted by atomic mass is 16.7. The molecule has 1 fully saturated rings. The lowest BCUT2D eigenvalue weighted by Crippen LogP contribution is -2.32. The molecule has 1 N–H and O–H groups in total. The second-order valence-electron chi connectivity index (χ2n) is 7.42. The highest BCUT2D eigenvalue weighted by Crippen LogP contribution is 2.12. The minimum Gasteiger partial charge on any atom is -0.394 e. The zero-order chi connectivity index (χ0) is 26.8. The molecule has 37 heavy (non-hydrogen) atoms. The highest BCUT2D eigenvalue weighted by Gasteiger charge is 2.32. The van der Waals surface area contributed by atoms with Crippen LogP contribution in [0.2, 0.25) is 0 Å². The summed E-state index contributed by atoms with van der Waals surface area (Å²) in [7, 11) is 0. The molecule has 216 valence electrons. The van der Waals surface area contributed by atoms with E-state index in [9.17, 15) is 14.4 Å². The molecule has 1 rings (SSSR count). The summed E-state index contributed by atoms with van der Waals surface area (Å²) in [6, 6.07) is 0. The molecule has 1 saturated heterocycles. The molecule has 0 aliphatic carbocycles. The number of rotatable bonds is 27. The number of imide groups is 1. The number of aliphatic hydroxyl groups is 1. The average Bonchev–Trinajstić information content (AvgIpc) is 3.20. The van der Waals surface area contributed by atoms with E-state index in [2.05, 4.69) is 0 Å². The lowest BCUT2D eigenvalue weighted by atomic mass is 10.4. The summed E-state index contributed by atoms with van der Waals surface area (Å²) in [5, 5.41) is 9.06. The standard InChI is InChI=1S/C23H41NO13/c25-4-6-30-8-10-32-12-14-34-16-18-36-20-19-35-17-15-33-13-11-31-9-7-29-5-3-23(28)37-24-21(26)1-2-22(24)27/h25H,1-20H2. The number of hydrogen-bond donors (Lipinski definition) is 1. The zero-order valence-electron chi connectivity index (χ0n) is 21.4. The van der Waals surface area contributed by atoms with E-state index in [4.69, 9.17) is 47.8 Å². The predicted molar refractivity (Wildman–Crippen MR) is 125 cm³/mol. The molecule has 0 radical (unpaired) electrons. The van der Waals surface area contributed by atoms with Gasteiger partial charge in [-0.15, -0.1) is 5.06 Å². The van der Waals surface area contributed by atoms with Crippen molar-refractivity contribution in [1.82, 2.24) is 5.06 Å². The van der Waals surface area contributed by atoms with E-state index in [1.54, 1.807) is 0 Å². The van der Waals surface area contributed by atoms with Crippen LogP contribution in [0.25, 0.3) is 0 Å². The Morgan fingerprint density at radius 2 is 0.838 bits per heavy atom. The van der Waals surface area contributed by atoms with E-state index in [1.165, 1.54) is 0 Å². The summed E-state index contributed by atoms with van der Waals surface area (Å²) in [6.45, 7) is 6.56. The predicted octanol–water partition coefficient (Wildman–Crippen LogP) is -0.891. The Labute approximate surface area is 217 Å². The highest BCUT2D eigenvalue weighted by molar-refractivity contribution is 6.01. The smallest absolute Gasteiger partial charge is 0.335 e. The van der Waals surface area contributed by atoms with Crippen molar-refractivity contribution < 1.29 is 62.2 Å². The van der Waals surface area contributed by atoms with Crippen LogP contribution < -0.4 is 0 Å². The lowest BCUT2D eigenvalue weighted by molar-refractivity contribution is -0.198. The van der Waals surface area contributed by atoms with Gasteiger partial charge in [0.15, 0.2) is 0 Å². The van der Waals surface area contributed by atoms with Gasteiger partial charge in [0.25, 0.3) is 11.8 Å². The summed E-state index contributed by atoms with van der Waals surface area (Å²) >= 11 is 0. The fourth-order valence-electron chi connectivity index (χ4n) is 2.67. The SMILES string of the molecule is O=C(CCOCCOCCOCCOCCOCCOCCOCCOCCO)ON1C(=O)CCC1=O. The first-order chi connectivity index (χ1) is 18.1. The molecule has 0 bridgehead atoms. The second-order valence-corrected chi connectivity index (χ2v) is 7.42. The van der Waals surface area contributed by atoms with Gasteiger partial charge in [0.1, 0.15) is 0 Å². The number of ether oxygens (including phenoxy) is 8. The number of hydrogen-bond acceptors (Lipinski definition) is 13. The van der Waals surface area contributed by atoms with Crippen LogP contribution in [0.4, 0.5) is 0 Å². The van der Waals surface area contributed by atoms with E-state index in [1.807, 2.05) is 0 Å². The lowest BCUT2D eigenvalue weighted by Gasteiger charge is -2.12. The minimum atomic E-state index is -0.698. The molecular weight excluding hydrogens is 498 g/mol. The van der Waals surface area contributed by atoms with Gasteiger partial charge >= 0.3 is 5.97 Å². The number of carbonyl (C=O) groups is 3. The molecule has 14 nitrogen and oxygen atoms in total. The first kappa shape index (κ1) is 33.3. The maximum Gasteiger partial charge on any atom is 0.335 e. The van der Waals surface area contributed by atoms with Crippen molar-refractivity contribution in [3.63, 3.8) is 0 Å². The second kappa shape index (κ2) is 24.6. The fraction of sp³-hybridized carbons (Fsp3) is 0.870. The minimum absolute atomic E-state index is 0.0134. The van der Waals surface area contributed by atoms with Crippen LogP contribution in [0, 0.1) is 0 Å². The average molecular weight is 540 g/mol. The van der Waals surface area contributed by atoms with Crippen molar-refractivity contribution in [2.75, 3.05) is 112 Å². The van der Waals surface area contributed by atoms with Crippen LogP contribution in [0.3, 0.4) is 0 Å². The summed E-state index contributed by atoms with van der Waals surface area (Å²) in [5.41, 5.74) is 0. The Bertz CT molecular complexity index is 577. The van der Waals surface area contributed by atoms with Gasteiger partial charge in [-0.25, -0.2) is 4.79 Å². The molecule has 0 aromatic heterocycles. The van der Waals surface area contributed by atoms with Crippen molar-refractivity contribution in [3.8, 4) is 0 Å². The molecule has 2 amide bonds. The largest absolute Gasteiger partial charge is 0.394 e. The summed E-state index contributed by atoms with van der Waals surface area (Å²) < 4.78 is 42.5. The van der Waals surface area contributed by atoms with E-state index >= 15 is 0 Å².